The molecule has 2 rings (SSSR count). The molecule has 0 aliphatic carbocycles. The molecular formula is C16H15ClO2. The first-order valence-corrected chi connectivity index (χ1v) is 6.50. The van der Waals surface area contributed by atoms with Crippen molar-refractivity contribution in [2.75, 3.05) is 0 Å². The van der Waals surface area contributed by atoms with Crippen molar-refractivity contribution in [3.63, 3.8) is 0 Å². The van der Waals surface area contributed by atoms with E-state index in [0.717, 1.165) is 11.1 Å². The van der Waals surface area contributed by atoms with Gasteiger partial charge >= 0.3 is 5.97 Å². The van der Waals surface area contributed by atoms with Crippen LogP contribution < -0.4 is 0 Å². The predicted octanol–water partition coefficient (Wildman–Crippen LogP) is 4.83. The fourth-order valence-corrected chi connectivity index (χ4v) is 2.15. The van der Waals surface area contributed by atoms with E-state index in [9.17, 15) is 4.79 Å². The summed E-state index contributed by atoms with van der Waals surface area (Å²) in [6.07, 6.45) is 0. The number of hydrogen-bond acceptors (Lipinski definition) is 1. The van der Waals surface area contributed by atoms with Gasteiger partial charge in [0.25, 0.3) is 0 Å². The highest BCUT2D eigenvalue weighted by Gasteiger charge is 2.09. The van der Waals surface area contributed by atoms with Crippen molar-refractivity contribution in [3.05, 3.63) is 58.6 Å². The van der Waals surface area contributed by atoms with Gasteiger partial charge in [0, 0.05) is 10.6 Å². The van der Waals surface area contributed by atoms with Crippen LogP contribution in [0.2, 0.25) is 5.02 Å². The zero-order chi connectivity index (χ0) is 14.0. The number of carbonyl (C=O) groups is 1. The first-order valence-electron chi connectivity index (χ1n) is 6.12. The molecule has 0 atom stereocenters. The van der Waals surface area contributed by atoms with Crippen molar-refractivity contribution in [2.45, 2.75) is 19.8 Å². The monoisotopic (exact) mass is 274 g/mol. The zero-order valence-electron chi connectivity index (χ0n) is 10.9. The molecule has 19 heavy (non-hydrogen) atoms. The average Bonchev–Trinajstić information content (AvgIpc) is 2.39. The Morgan fingerprint density at radius 1 is 1.11 bits per heavy atom. The van der Waals surface area contributed by atoms with E-state index in [0.29, 0.717) is 10.9 Å². The zero-order valence-corrected chi connectivity index (χ0v) is 11.6. The highest BCUT2D eigenvalue weighted by molar-refractivity contribution is 6.33. The number of halogens is 1. The average molecular weight is 275 g/mol. The van der Waals surface area contributed by atoms with Gasteiger partial charge in [-0.3, -0.25) is 0 Å². The van der Waals surface area contributed by atoms with E-state index in [1.165, 1.54) is 11.6 Å². The smallest absolute Gasteiger partial charge is 0.335 e. The molecular weight excluding hydrogens is 260 g/mol. The van der Waals surface area contributed by atoms with Gasteiger partial charge in [0.15, 0.2) is 0 Å². The van der Waals surface area contributed by atoms with Gasteiger partial charge in [0.2, 0.25) is 0 Å². The fourth-order valence-electron chi connectivity index (χ4n) is 1.93. The highest BCUT2D eigenvalue weighted by Crippen LogP contribution is 2.30. The molecule has 1 N–H and O–H groups in total. The Morgan fingerprint density at radius 3 is 2.26 bits per heavy atom. The quantitative estimate of drug-likeness (QED) is 0.870. The van der Waals surface area contributed by atoms with Crippen LogP contribution in [-0.2, 0) is 0 Å². The molecule has 0 spiro atoms. The number of carboxylic acids is 1. The molecule has 0 aliphatic heterocycles. The summed E-state index contributed by atoms with van der Waals surface area (Å²) < 4.78 is 0. The third kappa shape index (κ3) is 2.96. The van der Waals surface area contributed by atoms with Gasteiger partial charge in [-0.2, -0.15) is 0 Å². The van der Waals surface area contributed by atoms with E-state index >= 15 is 0 Å². The van der Waals surface area contributed by atoms with Gasteiger partial charge in [-0.1, -0.05) is 49.7 Å². The Kier molecular flexibility index (Phi) is 3.91. The van der Waals surface area contributed by atoms with Crippen molar-refractivity contribution in [2.24, 2.45) is 0 Å². The number of hydrogen-bond donors (Lipinski definition) is 1. The molecule has 2 aromatic carbocycles. The largest absolute Gasteiger partial charge is 0.478 e. The lowest BCUT2D eigenvalue weighted by Crippen LogP contribution is -1.96. The molecule has 98 valence electrons. The Balaban J connectivity index is 2.46. The lowest BCUT2D eigenvalue weighted by atomic mass is 9.98. The Labute approximate surface area is 117 Å². The molecule has 0 heterocycles. The first-order chi connectivity index (χ1) is 8.99. The molecule has 2 nitrogen and oxygen atoms in total. The van der Waals surface area contributed by atoms with E-state index in [-0.39, 0.29) is 5.56 Å². The van der Waals surface area contributed by atoms with Gasteiger partial charge in [-0.15, -0.1) is 0 Å². The predicted molar refractivity (Wildman–Crippen MR) is 77.9 cm³/mol. The number of rotatable bonds is 3. The third-order valence-electron chi connectivity index (χ3n) is 3.10. The molecule has 0 saturated carbocycles. The minimum atomic E-state index is -0.947. The van der Waals surface area contributed by atoms with Crippen LogP contribution in [0.4, 0.5) is 0 Å². The summed E-state index contributed by atoms with van der Waals surface area (Å²) in [5.74, 6) is -0.480. The lowest BCUT2D eigenvalue weighted by Gasteiger charge is -2.09. The van der Waals surface area contributed by atoms with Crippen LogP contribution in [0.15, 0.2) is 42.5 Å². The second-order valence-corrected chi connectivity index (χ2v) is 5.18. The van der Waals surface area contributed by atoms with Crippen LogP contribution in [0.3, 0.4) is 0 Å². The van der Waals surface area contributed by atoms with Crippen LogP contribution in [-0.4, -0.2) is 11.1 Å². The van der Waals surface area contributed by atoms with Gasteiger partial charge in [-0.25, -0.2) is 4.79 Å². The molecule has 0 radical (unpaired) electrons. The van der Waals surface area contributed by atoms with Gasteiger partial charge in [0.1, 0.15) is 0 Å². The summed E-state index contributed by atoms with van der Waals surface area (Å²) in [4.78, 5) is 11.0. The maximum Gasteiger partial charge on any atom is 0.335 e. The van der Waals surface area contributed by atoms with Crippen LogP contribution in [0.5, 0.6) is 0 Å². The number of carboxylic acid groups (broad SMARTS) is 1. The van der Waals surface area contributed by atoms with Crippen molar-refractivity contribution >= 4 is 17.6 Å². The maximum absolute atomic E-state index is 11.0. The third-order valence-corrected chi connectivity index (χ3v) is 3.43. The number of benzene rings is 2. The van der Waals surface area contributed by atoms with Crippen molar-refractivity contribution < 1.29 is 9.90 Å². The topological polar surface area (TPSA) is 37.3 Å². The van der Waals surface area contributed by atoms with Crippen molar-refractivity contribution in [1.82, 2.24) is 0 Å². The van der Waals surface area contributed by atoms with E-state index < -0.39 is 5.97 Å². The van der Waals surface area contributed by atoms with Crippen molar-refractivity contribution in [3.8, 4) is 11.1 Å². The summed E-state index contributed by atoms with van der Waals surface area (Å²) in [6, 6.07) is 12.8. The molecule has 2 aromatic rings. The molecule has 0 fully saturated rings. The van der Waals surface area contributed by atoms with Gasteiger partial charge in [-0.05, 0) is 35.2 Å². The summed E-state index contributed by atoms with van der Waals surface area (Å²) in [5, 5.41) is 9.58. The molecule has 0 aliphatic rings. The molecule has 0 aromatic heterocycles. The minimum Gasteiger partial charge on any atom is -0.478 e. The molecule has 3 heteroatoms. The van der Waals surface area contributed by atoms with E-state index in [1.54, 1.807) is 12.1 Å². The van der Waals surface area contributed by atoms with Gasteiger partial charge < -0.3 is 5.11 Å². The second kappa shape index (κ2) is 5.45. The molecule has 0 bridgehead atoms. The lowest BCUT2D eigenvalue weighted by molar-refractivity contribution is 0.0697. The summed E-state index contributed by atoms with van der Waals surface area (Å²) in [5.41, 5.74) is 3.16. The molecule has 0 unspecified atom stereocenters. The summed E-state index contributed by atoms with van der Waals surface area (Å²) >= 11 is 6.14. The van der Waals surface area contributed by atoms with Crippen molar-refractivity contribution in [1.29, 1.82) is 0 Å². The highest BCUT2D eigenvalue weighted by atomic mass is 35.5. The standard InChI is InChI=1S/C16H15ClO2/c1-10(2)11-3-5-12(6-4-11)14-9-13(16(18)19)7-8-15(14)17/h3-10H,1-2H3,(H,18,19). The Hall–Kier alpha value is -1.80. The summed E-state index contributed by atoms with van der Waals surface area (Å²) in [6.45, 7) is 4.26. The van der Waals surface area contributed by atoms with E-state index in [4.69, 9.17) is 16.7 Å². The first kappa shape index (κ1) is 13.6. The number of aromatic carboxylic acids is 1. The molecule has 0 amide bonds. The van der Waals surface area contributed by atoms with Crippen LogP contribution in [0, 0.1) is 0 Å². The summed E-state index contributed by atoms with van der Waals surface area (Å²) in [7, 11) is 0. The second-order valence-electron chi connectivity index (χ2n) is 4.78. The fraction of sp³-hybridized carbons (Fsp3) is 0.188. The van der Waals surface area contributed by atoms with E-state index in [1.807, 2.05) is 24.3 Å². The van der Waals surface area contributed by atoms with Crippen LogP contribution in [0.25, 0.3) is 11.1 Å². The Morgan fingerprint density at radius 2 is 1.74 bits per heavy atom. The SMILES string of the molecule is CC(C)c1ccc(-c2cc(C(=O)O)ccc2Cl)cc1. The van der Waals surface area contributed by atoms with E-state index in [2.05, 4.69) is 13.8 Å². The normalized spacial score (nSPS) is 10.7. The van der Waals surface area contributed by atoms with Crippen LogP contribution >= 0.6 is 11.6 Å². The molecule has 0 saturated heterocycles. The Bertz CT molecular complexity index is 601. The maximum atomic E-state index is 11.0. The van der Waals surface area contributed by atoms with Crippen LogP contribution in [0.1, 0.15) is 35.7 Å². The minimum absolute atomic E-state index is 0.243. The van der Waals surface area contributed by atoms with Gasteiger partial charge in [0.05, 0.1) is 5.56 Å².